The van der Waals surface area contributed by atoms with E-state index in [9.17, 15) is 18.0 Å². The number of amides is 2. The van der Waals surface area contributed by atoms with Gasteiger partial charge >= 0.3 is 0 Å². The molecule has 0 radical (unpaired) electrons. The maximum atomic E-state index is 13.6. The lowest BCUT2D eigenvalue weighted by atomic mass is 10.1. The van der Waals surface area contributed by atoms with E-state index >= 15 is 0 Å². The Balaban J connectivity index is 2.41. The summed E-state index contributed by atoms with van der Waals surface area (Å²) in [4.78, 5) is 27.8. The van der Waals surface area contributed by atoms with Crippen LogP contribution in [0.5, 0.6) is 5.75 Å². The van der Waals surface area contributed by atoms with Crippen molar-refractivity contribution < 1.29 is 22.7 Å². The average Bonchev–Trinajstić information content (AvgIpc) is 2.80. The zero-order valence-corrected chi connectivity index (χ0v) is 23.3. The van der Waals surface area contributed by atoms with Gasteiger partial charge in [0.2, 0.25) is 21.8 Å². The molecule has 2 amide bonds. The molecule has 0 aliphatic heterocycles. The quantitative estimate of drug-likeness (QED) is 0.393. The second-order valence-corrected chi connectivity index (χ2v) is 11.2. The highest BCUT2D eigenvalue weighted by Gasteiger charge is 2.31. The summed E-state index contributed by atoms with van der Waals surface area (Å²) in [5.41, 5.74) is 1.90. The Bertz CT molecular complexity index is 1120. The van der Waals surface area contributed by atoms with Crippen molar-refractivity contribution in [2.45, 2.75) is 46.2 Å². The average molecular weight is 569 g/mol. The van der Waals surface area contributed by atoms with Crippen molar-refractivity contribution in [1.82, 2.24) is 10.2 Å². The fourth-order valence-corrected chi connectivity index (χ4v) is 4.60. The van der Waals surface area contributed by atoms with Gasteiger partial charge in [0.25, 0.3) is 0 Å². The Labute approximate surface area is 216 Å². The molecule has 0 aliphatic carbocycles. The van der Waals surface area contributed by atoms with E-state index in [1.165, 1.54) is 12.0 Å². The molecule has 2 rings (SSSR count). The molecule has 35 heavy (non-hydrogen) atoms. The largest absolute Gasteiger partial charge is 0.495 e. The molecule has 0 bridgehead atoms. The Hall–Kier alpha value is -2.59. The van der Waals surface area contributed by atoms with Crippen LogP contribution in [0.1, 0.15) is 37.8 Å². The van der Waals surface area contributed by atoms with Gasteiger partial charge in [-0.25, -0.2) is 8.42 Å². The number of hydrogen-bond donors (Lipinski definition) is 1. The van der Waals surface area contributed by atoms with Gasteiger partial charge in [-0.1, -0.05) is 47.5 Å². The Kier molecular flexibility index (Phi) is 10.6. The van der Waals surface area contributed by atoms with Crippen LogP contribution in [0.15, 0.2) is 46.9 Å². The number of methoxy groups -OCH3 is 1. The molecule has 10 heteroatoms. The van der Waals surface area contributed by atoms with E-state index < -0.39 is 28.5 Å². The number of sulfonamides is 1. The second kappa shape index (κ2) is 12.9. The molecule has 0 unspecified atom stereocenters. The molecule has 0 spiro atoms. The summed E-state index contributed by atoms with van der Waals surface area (Å²) in [6.45, 7) is 5.69. The summed E-state index contributed by atoms with van der Waals surface area (Å²) in [5.74, 6) is -0.457. The lowest BCUT2D eigenvalue weighted by Gasteiger charge is -2.32. The number of benzene rings is 2. The topological polar surface area (TPSA) is 96.0 Å². The molecular weight excluding hydrogens is 534 g/mol. The van der Waals surface area contributed by atoms with E-state index in [1.54, 1.807) is 25.1 Å². The summed E-state index contributed by atoms with van der Waals surface area (Å²) in [6, 6.07) is 11.7. The molecule has 0 fully saturated rings. The first-order valence-electron chi connectivity index (χ1n) is 11.4. The van der Waals surface area contributed by atoms with E-state index in [2.05, 4.69) is 21.2 Å². The van der Waals surface area contributed by atoms with Gasteiger partial charge < -0.3 is 15.0 Å². The zero-order valence-electron chi connectivity index (χ0n) is 20.9. The molecule has 0 aromatic heterocycles. The molecule has 0 heterocycles. The number of nitrogens with one attached hydrogen (secondary N) is 1. The van der Waals surface area contributed by atoms with Crippen LogP contribution in [0.25, 0.3) is 0 Å². The van der Waals surface area contributed by atoms with Gasteiger partial charge in [0.1, 0.15) is 18.3 Å². The highest BCUT2D eigenvalue weighted by molar-refractivity contribution is 9.10. The highest BCUT2D eigenvalue weighted by Crippen LogP contribution is 2.31. The third kappa shape index (κ3) is 8.24. The van der Waals surface area contributed by atoms with Crippen molar-refractivity contribution in [3.8, 4) is 5.75 Å². The van der Waals surface area contributed by atoms with Gasteiger partial charge in [0.05, 0.1) is 19.1 Å². The first kappa shape index (κ1) is 28.6. The molecule has 0 saturated carbocycles. The van der Waals surface area contributed by atoms with Crippen molar-refractivity contribution in [3.05, 3.63) is 58.1 Å². The Morgan fingerprint density at radius 2 is 1.80 bits per heavy atom. The molecular formula is C25H34BrN3O5S. The van der Waals surface area contributed by atoms with Gasteiger partial charge in [-0.15, -0.1) is 0 Å². The summed E-state index contributed by atoms with van der Waals surface area (Å²) >= 11 is 3.40. The van der Waals surface area contributed by atoms with Crippen LogP contribution < -0.4 is 14.4 Å². The monoisotopic (exact) mass is 567 g/mol. The number of halogens is 1. The van der Waals surface area contributed by atoms with Crippen molar-refractivity contribution >= 4 is 43.5 Å². The standard InChI is InChI=1S/C25H34BrN3O5S/c1-6-7-14-27-25(31)19(3)28(16-20-9-11-21(26)12-10-20)24(30)17-29(35(5,32)33)22-15-18(2)8-13-23(22)34-4/h8-13,15,19H,6-7,14,16-17H2,1-5H3,(H,27,31)/t19-/m1/s1. The number of rotatable bonds is 12. The number of hydrogen-bond acceptors (Lipinski definition) is 5. The first-order chi connectivity index (χ1) is 16.5. The van der Waals surface area contributed by atoms with Gasteiger partial charge in [-0.2, -0.15) is 0 Å². The van der Waals surface area contributed by atoms with Crippen LogP contribution in [-0.2, 0) is 26.2 Å². The summed E-state index contributed by atoms with van der Waals surface area (Å²) in [5, 5.41) is 2.86. The predicted molar refractivity (Wildman–Crippen MR) is 142 cm³/mol. The number of carbonyl (C=O) groups is 2. The van der Waals surface area contributed by atoms with Crippen LogP contribution in [0, 0.1) is 6.92 Å². The molecule has 0 aliphatic rings. The van der Waals surface area contributed by atoms with Crippen LogP contribution in [0.3, 0.4) is 0 Å². The smallest absolute Gasteiger partial charge is 0.244 e. The van der Waals surface area contributed by atoms with Crippen molar-refractivity contribution in [2.24, 2.45) is 0 Å². The zero-order chi connectivity index (χ0) is 26.2. The molecule has 2 aromatic rings. The minimum Gasteiger partial charge on any atom is -0.495 e. The Morgan fingerprint density at radius 1 is 1.14 bits per heavy atom. The molecule has 8 nitrogen and oxygen atoms in total. The van der Waals surface area contributed by atoms with Crippen LogP contribution in [0.2, 0.25) is 0 Å². The van der Waals surface area contributed by atoms with Crippen LogP contribution in [0.4, 0.5) is 5.69 Å². The van der Waals surface area contributed by atoms with Gasteiger partial charge in [0, 0.05) is 17.6 Å². The van der Waals surface area contributed by atoms with Crippen molar-refractivity contribution in [2.75, 3.05) is 30.8 Å². The fourth-order valence-electron chi connectivity index (χ4n) is 3.49. The number of carbonyl (C=O) groups excluding carboxylic acids is 2. The number of ether oxygens (including phenoxy) is 1. The molecule has 1 N–H and O–H groups in total. The summed E-state index contributed by atoms with van der Waals surface area (Å²) in [7, 11) is -2.40. The number of nitrogens with zero attached hydrogens (tertiary/aromatic N) is 2. The van der Waals surface area contributed by atoms with E-state index in [0.717, 1.165) is 39.0 Å². The minimum absolute atomic E-state index is 0.150. The van der Waals surface area contributed by atoms with E-state index in [4.69, 9.17) is 4.74 Å². The minimum atomic E-state index is -3.84. The molecule has 1 atom stereocenters. The maximum Gasteiger partial charge on any atom is 0.244 e. The molecule has 0 saturated heterocycles. The lowest BCUT2D eigenvalue weighted by molar-refractivity contribution is -0.139. The van der Waals surface area contributed by atoms with E-state index in [1.807, 2.05) is 38.1 Å². The number of aryl methyl sites for hydroxylation is 1. The van der Waals surface area contributed by atoms with Gasteiger partial charge in [-0.3, -0.25) is 13.9 Å². The molecule has 192 valence electrons. The normalized spacial score (nSPS) is 12.1. The summed E-state index contributed by atoms with van der Waals surface area (Å²) < 4.78 is 32.8. The SMILES string of the molecule is CCCCNC(=O)[C@@H](C)N(Cc1ccc(Br)cc1)C(=O)CN(c1cc(C)ccc1OC)S(C)(=O)=O. The van der Waals surface area contributed by atoms with Crippen LogP contribution >= 0.6 is 15.9 Å². The second-order valence-electron chi connectivity index (χ2n) is 8.41. The van der Waals surface area contributed by atoms with E-state index in [0.29, 0.717) is 12.3 Å². The van der Waals surface area contributed by atoms with Crippen molar-refractivity contribution in [3.63, 3.8) is 0 Å². The predicted octanol–water partition coefficient (Wildman–Crippen LogP) is 3.87. The number of anilines is 1. The first-order valence-corrected chi connectivity index (χ1v) is 14.1. The van der Waals surface area contributed by atoms with Gasteiger partial charge in [0.15, 0.2) is 0 Å². The van der Waals surface area contributed by atoms with Crippen molar-refractivity contribution in [1.29, 1.82) is 0 Å². The maximum absolute atomic E-state index is 13.6. The molecule has 2 aromatic carbocycles. The highest BCUT2D eigenvalue weighted by atomic mass is 79.9. The number of unbranched alkanes of at least 4 members (excludes halogenated alkanes) is 1. The summed E-state index contributed by atoms with van der Waals surface area (Å²) in [6.07, 6.45) is 2.80. The third-order valence-corrected chi connectivity index (χ3v) is 7.20. The van der Waals surface area contributed by atoms with Crippen LogP contribution in [-0.4, -0.2) is 57.6 Å². The third-order valence-electron chi connectivity index (χ3n) is 5.55. The fraction of sp³-hybridized carbons (Fsp3) is 0.440. The lowest BCUT2D eigenvalue weighted by Crippen LogP contribution is -2.51. The Morgan fingerprint density at radius 3 is 2.37 bits per heavy atom. The van der Waals surface area contributed by atoms with Gasteiger partial charge in [-0.05, 0) is 55.7 Å². The van der Waals surface area contributed by atoms with E-state index in [-0.39, 0.29) is 18.1 Å².